The molecule has 0 aliphatic carbocycles. The van der Waals surface area contributed by atoms with Gasteiger partial charge in [0.1, 0.15) is 29.7 Å². The summed E-state index contributed by atoms with van der Waals surface area (Å²) >= 11 is 0. The molecule has 7 nitrogen and oxygen atoms in total. The van der Waals surface area contributed by atoms with Crippen LogP contribution in [0.4, 0.5) is 4.79 Å². The maximum atomic E-state index is 12.0. The fraction of sp³-hybridized carbons (Fsp3) is 0.467. The molecule has 22 heavy (non-hydrogen) atoms. The van der Waals surface area contributed by atoms with E-state index >= 15 is 0 Å². The molecule has 1 heterocycles. The van der Waals surface area contributed by atoms with Gasteiger partial charge >= 0.3 is 6.03 Å². The molecule has 0 spiro atoms. The van der Waals surface area contributed by atoms with Crippen molar-refractivity contribution in [3.05, 3.63) is 24.3 Å². The lowest BCUT2D eigenvalue weighted by molar-refractivity contribution is -0.131. The number of β-amino-alcohol motifs (C(OH)–C–C–N with tert-alkyl or cyclic N) is 1. The number of carbonyl (C=O) groups is 2. The average molecular weight is 308 g/mol. The Morgan fingerprint density at radius 1 is 1.23 bits per heavy atom. The van der Waals surface area contributed by atoms with Crippen LogP contribution in [0, 0.1) is 0 Å². The average Bonchev–Trinajstić information content (AvgIpc) is 2.67. The Morgan fingerprint density at radius 2 is 1.82 bits per heavy atom. The summed E-state index contributed by atoms with van der Waals surface area (Å²) in [6.45, 7) is 3.11. The summed E-state index contributed by atoms with van der Waals surface area (Å²) in [6.07, 6.45) is -0.967. The van der Waals surface area contributed by atoms with Crippen molar-refractivity contribution >= 4 is 11.9 Å². The standard InChI is InChI=1S/C15H20N2O5/c1-15(2)13(19)17(14(20)16-15)8-10(18)9-22-12-6-4-11(21-3)5-7-12/h4-7,10,18H,8-9H2,1-3H3,(H,16,20)/t10-/m0/s1. The Morgan fingerprint density at radius 3 is 2.32 bits per heavy atom. The fourth-order valence-corrected chi connectivity index (χ4v) is 2.11. The molecule has 120 valence electrons. The molecule has 0 bridgehead atoms. The van der Waals surface area contributed by atoms with Crippen LogP contribution in [-0.2, 0) is 4.79 Å². The van der Waals surface area contributed by atoms with Crippen LogP contribution in [-0.4, -0.2) is 53.8 Å². The second-order valence-electron chi connectivity index (χ2n) is 5.61. The van der Waals surface area contributed by atoms with Gasteiger partial charge in [-0.1, -0.05) is 0 Å². The molecule has 2 N–H and O–H groups in total. The third-order valence-electron chi connectivity index (χ3n) is 3.34. The first-order valence-corrected chi connectivity index (χ1v) is 6.92. The number of nitrogens with zero attached hydrogens (tertiary/aromatic N) is 1. The molecule has 7 heteroatoms. The van der Waals surface area contributed by atoms with Crippen LogP contribution in [0.3, 0.4) is 0 Å². The van der Waals surface area contributed by atoms with Crippen LogP contribution < -0.4 is 14.8 Å². The molecule has 0 aromatic heterocycles. The predicted molar refractivity (Wildman–Crippen MR) is 78.8 cm³/mol. The van der Waals surface area contributed by atoms with E-state index in [1.54, 1.807) is 45.2 Å². The van der Waals surface area contributed by atoms with E-state index in [2.05, 4.69) is 5.32 Å². The maximum Gasteiger partial charge on any atom is 0.325 e. The van der Waals surface area contributed by atoms with E-state index in [4.69, 9.17) is 9.47 Å². The van der Waals surface area contributed by atoms with Gasteiger partial charge in [0.25, 0.3) is 5.91 Å². The van der Waals surface area contributed by atoms with E-state index in [0.717, 1.165) is 4.90 Å². The molecule has 1 aliphatic heterocycles. The van der Waals surface area contributed by atoms with Crippen LogP contribution in [0.1, 0.15) is 13.8 Å². The zero-order valence-corrected chi connectivity index (χ0v) is 12.8. The van der Waals surface area contributed by atoms with E-state index in [9.17, 15) is 14.7 Å². The van der Waals surface area contributed by atoms with Crippen molar-refractivity contribution in [1.29, 1.82) is 0 Å². The summed E-state index contributed by atoms with van der Waals surface area (Å²) in [4.78, 5) is 24.7. The Hall–Kier alpha value is -2.28. The third kappa shape index (κ3) is 3.48. The summed E-state index contributed by atoms with van der Waals surface area (Å²) in [5, 5.41) is 12.5. The highest BCUT2D eigenvalue weighted by atomic mass is 16.5. The van der Waals surface area contributed by atoms with E-state index in [0.29, 0.717) is 11.5 Å². The first kappa shape index (κ1) is 16.1. The Bertz CT molecular complexity index is 556. The van der Waals surface area contributed by atoms with Crippen molar-refractivity contribution in [2.24, 2.45) is 0 Å². The Balaban J connectivity index is 1.86. The highest BCUT2D eigenvalue weighted by Crippen LogP contribution is 2.19. The SMILES string of the molecule is COc1ccc(OC[C@@H](O)CN2C(=O)NC(C)(C)C2=O)cc1. The molecule has 0 unspecified atom stereocenters. The molecular formula is C15H20N2O5. The highest BCUT2D eigenvalue weighted by molar-refractivity contribution is 6.06. The monoisotopic (exact) mass is 308 g/mol. The maximum absolute atomic E-state index is 12.0. The van der Waals surface area contributed by atoms with Gasteiger partial charge < -0.3 is 19.9 Å². The Labute approximate surface area is 128 Å². The molecule has 1 aromatic rings. The number of imide groups is 1. The van der Waals surface area contributed by atoms with Crippen LogP contribution in [0.25, 0.3) is 0 Å². The topological polar surface area (TPSA) is 88.1 Å². The number of amides is 3. The van der Waals surface area contributed by atoms with Crippen LogP contribution in [0.2, 0.25) is 0 Å². The smallest absolute Gasteiger partial charge is 0.325 e. The van der Waals surface area contributed by atoms with Gasteiger partial charge in [-0.15, -0.1) is 0 Å². The van der Waals surface area contributed by atoms with E-state index in [1.165, 1.54) is 0 Å². The summed E-state index contributed by atoms with van der Waals surface area (Å²) in [5.74, 6) is 0.910. The van der Waals surface area contributed by atoms with Gasteiger partial charge in [0.2, 0.25) is 0 Å². The summed E-state index contributed by atoms with van der Waals surface area (Å²) in [5.41, 5.74) is -0.937. The number of hydrogen-bond donors (Lipinski definition) is 2. The zero-order valence-electron chi connectivity index (χ0n) is 12.8. The molecule has 2 rings (SSSR count). The number of ether oxygens (including phenoxy) is 2. The first-order chi connectivity index (χ1) is 10.3. The largest absolute Gasteiger partial charge is 0.497 e. The third-order valence-corrected chi connectivity index (χ3v) is 3.34. The number of aliphatic hydroxyl groups excluding tert-OH is 1. The zero-order chi connectivity index (χ0) is 16.3. The molecule has 1 aliphatic rings. The van der Waals surface area contributed by atoms with Gasteiger partial charge in [0, 0.05) is 0 Å². The van der Waals surface area contributed by atoms with Gasteiger partial charge in [-0.2, -0.15) is 0 Å². The normalized spacial score (nSPS) is 18.1. The second-order valence-corrected chi connectivity index (χ2v) is 5.61. The lowest BCUT2D eigenvalue weighted by atomic mass is 10.1. The van der Waals surface area contributed by atoms with Crippen molar-refractivity contribution < 1.29 is 24.2 Å². The second kappa shape index (κ2) is 6.23. The van der Waals surface area contributed by atoms with E-state index < -0.39 is 17.7 Å². The highest BCUT2D eigenvalue weighted by Gasteiger charge is 2.44. The van der Waals surface area contributed by atoms with Crippen LogP contribution >= 0.6 is 0 Å². The van der Waals surface area contributed by atoms with E-state index in [1.807, 2.05) is 0 Å². The number of methoxy groups -OCH3 is 1. The van der Waals surface area contributed by atoms with Crippen molar-refractivity contribution in [2.45, 2.75) is 25.5 Å². The number of urea groups is 1. The number of rotatable bonds is 6. The predicted octanol–water partition coefficient (Wildman–Crippen LogP) is 0.765. The number of aliphatic hydroxyl groups is 1. The van der Waals surface area contributed by atoms with Crippen molar-refractivity contribution in [3.63, 3.8) is 0 Å². The van der Waals surface area contributed by atoms with Gasteiger partial charge in [-0.25, -0.2) is 4.79 Å². The van der Waals surface area contributed by atoms with Gasteiger partial charge in [0.05, 0.1) is 13.7 Å². The fourth-order valence-electron chi connectivity index (χ4n) is 2.11. The molecule has 3 amide bonds. The number of hydrogen-bond acceptors (Lipinski definition) is 5. The van der Waals surface area contributed by atoms with Crippen molar-refractivity contribution in [1.82, 2.24) is 10.2 Å². The quantitative estimate of drug-likeness (QED) is 0.758. The van der Waals surface area contributed by atoms with E-state index in [-0.39, 0.29) is 19.1 Å². The molecule has 1 aromatic carbocycles. The minimum Gasteiger partial charge on any atom is -0.497 e. The minimum atomic E-state index is -0.967. The molecule has 1 fully saturated rings. The molecule has 1 atom stereocenters. The van der Waals surface area contributed by atoms with Crippen LogP contribution in [0.5, 0.6) is 11.5 Å². The molecule has 0 saturated carbocycles. The molecule has 1 saturated heterocycles. The van der Waals surface area contributed by atoms with Crippen molar-refractivity contribution in [3.8, 4) is 11.5 Å². The minimum absolute atomic E-state index is 0.0240. The lowest BCUT2D eigenvalue weighted by Crippen LogP contribution is -2.42. The lowest BCUT2D eigenvalue weighted by Gasteiger charge is -2.19. The Kier molecular flexibility index (Phi) is 4.56. The van der Waals surface area contributed by atoms with Crippen molar-refractivity contribution in [2.75, 3.05) is 20.3 Å². The molecule has 0 radical (unpaired) electrons. The summed E-state index contributed by atoms with van der Waals surface area (Å²) in [6, 6.07) is 6.40. The summed E-state index contributed by atoms with van der Waals surface area (Å²) < 4.78 is 10.5. The van der Waals surface area contributed by atoms with Gasteiger partial charge in [-0.05, 0) is 38.1 Å². The summed E-state index contributed by atoms with van der Waals surface area (Å²) in [7, 11) is 1.57. The first-order valence-electron chi connectivity index (χ1n) is 6.92. The van der Waals surface area contributed by atoms with Gasteiger partial charge in [0.15, 0.2) is 0 Å². The van der Waals surface area contributed by atoms with Crippen LogP contribution in [0.15, 0.2) is 24.3 Å². The number of nitrogens with one attached hydrogen (secondary N) is 1. The number of benzene rings is 1. The van der Waals surface area contributed by atoms with Gasteiger partial charge in [-0.3, -0.25) is 9.69 Å². The number of carbonyl (C=O) groups excluding carboxylic acids is 2. The molecular weight excluding hydrogens is 288 g/mol.